The van der Waals surface area contributed by atoms with E-state index < -0.39 is 6.36 Å². The summed E-state index contributed by atoms with van der Waals surface area (Å²) in [7, 11) is 1.88. The zero-order valence-corrected chi connectivity index (χ0v) is 11.8. The molecule has 112 valence electrons. The van der Waals surface area contributed by atoms with Gasteiger partial charge in [0.05, 0.1) is 0 Å². The first-order valence-corrected chi connectivity index (χ1v) is 6.49. The number of alkyl halides is 3. The van der Waals surface area contributed by atoms with Crippen LogP contribution in [0, 0.1) is 6.92 Å². The van der Waals surface area contributed by atoms with Crippen molar-refractivity contribution in [2.45, 2.75) is 19.8 Å². The molecule has 0 amide bonds. The number of aryl methyl sites for hydroxylation is 1. The first-order chi connectivity index (χ1) is 9.89. The third kappa shape index (κ3) is 4.23. The van der Waals surface area contributed by atoms with E-state index in [4.69, 9.17) is 0 Å². The van der Waals surface area contributed by atoms with Crippen molar-refractivity contribution in [1.82, 2.24) is 5.32 Å². The molecular formula is C16H16F3NO. The molecule has 2 aromatic carbocycles. The summed E-state index contributed by atoms with van der Waals surface area (Å²) in [5.41, 5.74) is 4.09. The second-order valence-corrected chi connectivity index (χ2v) is 4.75. The zero-order chi connectivity index (χ0) is 15.5. The molecule has 2 nitrogen and oxygen atoms in total. The van der Waals surface area contributed by atoms with Crippen LogP contribution < -0.4 is 10.1 Å². The van der Waals surface area contributed by atoms with E-state index in [0.29, 0.717) is 0 Å². The molecule has 0 aliphatic heterocycles. The van der Waals surface area contributed by atoms with E-state index in [1.807, 2.05) is 26.1 Å². The van der Waals surface area contributed by atoms with Gasteiger partial charge in [-0.2, -0.15) is 0 Å². The smallest absolute Gasteiger partial charge is 0.406 e. The van der Waals surface area contributed by atoms with Gasteiger partial charge < -0.3 is 10.1 Å². The summed E-state index contributed by atoms with van der Waals surface area (Å²) in [4.78, 5) is 0. The van der Waals surface area contributed by atoms with Gasteiger partial charge in [-0.1, -0.05) is 30.3 Å². The lowest BCUT2D eigenvalue weighted by Crippen LogP contribution is -2.16. The fourth-order valence-corrected chi connectivity index (χ4v) is 2.20. The highest BCUT2D eigenvalue weighted by molar-refractivity contribution is 5.68. The normalized spacial score (nSPS) is 11.5. The first-order valence-electron chi connectivity index (χ1n) is 6.49. The predicted octanol–water partition coefficient (Wildman–Crippen LogP) is 4.28. The van der Waals surface area contributed by atoms with Crippen LogP contribution in [0.4, 0.5) is 13.2 Å². The second kappa shape index (κ2) is 6.18. The van der Waals surface area contributed by atoms with E-state index in [0.717, 1.165) is 28.8 Å². The molecule has 0 aliphatic rings. The molecule has 1 N–H and O–H groups in total. The molecule has 2 aromatic rings. The molecule has 0 saturated heterocycles. The Morgan fingerprint density at radius 2 is 1.71 bits per heavy atom. The number of ether oxygens (including phenoxy) is 1. The molecule has 0 atom stereocenters. The molecule has 2 rings (SSSR count). The van der Waals surface area contributed by atoms with Crippen LogP contribution in [0.3, 0.4) is 0 Å². The van der Waals surface area contributed by atoms with E-state index in [-0.39, 0.29) is 5.75 Å². The van der Waals surface area contributed by atoms with E-state index in [1.165, 1.54) is 12.1 Å². The third-order valence-corrected chi connectivity index (χ3v) is 3.07. The monoisotopic (exact) mass is 295 g/mol. The number of hydrogen-bond acceptors (Lipinski definition) is 2. The van der Waals surface area contributed by atoms with Crippen molar-refractivity contribution < 1.29 is 17.9 Å². The van der Waals surface area contributed by atoms with Crippen molar-refractivity contribution in [3.8, 4) is 16.9 Å². The molecule has 0 aliphatic carbocycles. The Kier molecular flexibility index (Phi) is 4.53. The number of hydrogen-bond donors (Lipinski definition) is 1. The molecule has 0 heterocycles. The summed E-state index contributed by atoms with van der Waals surface area (Å²) in [6, 6.07) is 11.9. The molecule has 0 bridgehead atoms. The number of rotatable bonds is 4. The highest BCUT2D eigenvalue weighted by Gasteiger charge is 2.30. The van der Waals surface area contributed by atoms with Gasteiger partial charge in [0.1, 0.15) is 5.75 Å². The maximum absolute atomic E-state index is 12.1. The van der Waals surface area contributed by atoms with Crippen molar-refractivity contribution >= 4 is 0 Å². The number of nitrogens with one attached hydrogen (secondary N) is 1. The maximum Gasteiger partial charge on any atom is 0.573 e. The third-order valence-electron chi connectivity index (χ3n) is 3.07. The Labute approximate surface area is 121 Å². The van der Waals surface area contributed by atoms with Crippen LogP contribution in [0.5, 0.6) is 5.75 Å². The molecule has 0 fully saturated rings. The molecule has 0 aromatic heterocycles. The summed E-state index contributed by atoms with van der Waals surface area (Å²) in [6.45, 7) is 2.76. The fraction of sp³-hybridized carbons (Fsp3) is 0.250. The lowest BCUT2D eigenvalue weighted by Gasteiger charge is -2.11. The van der Waals surface area contributed by atoms with Crippen molar-refractivity contribution in [2.75, 3.05) is 7.05 Å². The van der Waals surface area contributed by atoms with Gasteiger partial charge in [-0.25, -0.2) is 0 Å². The van der Waals surface area contributed by atoms with Crippen LogP contribution in [-0.4, -0.2) is 13.4 Å². The van der Waals surface area contributed by atoms with Crippen LogP contribution >= 0.6 is 0 Å². The van der Waals surface area contributed by atoms with Gasteiger partial charge in [0, 0.05) is 6.54 Å². The van der Waals surface area contributed by atoms with Gasteiger partial charge in [0.15, 0.2) is 0 Å². The van der Waals surface area contributed by atoms with Gasteiger partial charge in [-0.3, -0.25) is 0 Å². The SMILES string of the molecule is CNCc1ccc(-c2ccc(OC(F)(F)F)cc2)c(C)c1. The second-order valence-electron chi connectivity index (χ2n) is 4.75. The minimum atomic E-state index is -4.66. The van der Waals surface area contributed by atoms with Crippen molar-refractivity contribution in [2.24, 2.45) is 0 Å². The topological polar surface area (TPSA) is 21.3 Å². The number of benzene rings is 2. The lowest BCUT2D eigenvalue weighted by molar-refractivity contribution is -0.274. The van der Waals surface area contributed by atoms with Gasteiger partial charge in [0.2, 0.25) is 0 Å². The summed E-state index contributed by atoms with van der Waals surface area (Å²) < 4.78 is 40.2. The van der Waals surface area contributed by atoms with E-state index in [2.05, 4.69) is 16.1 Å². The van der Waals surface area contributed by atoms with Crippen molar-refractivity contribution in [3.63, 3.8) is 0 Å². The van der Waals surface area contributed by atoms with Gasteiger partial charge in [-0.15, -0.1) is 13.2 Å². The zero-order valence-electron chi connectivity index (χ0n) is 11.8. The van der Waals surface area contributed by atoms with Gasteiger partial charge in [0.25, 0.3) is 0 Å². The Balaban J connectivity index is 2.22. The fourth-order valence-electron chi connectivity index (χ4n) is 2.20. The molecule has 0 unspecified atom stereocenters. The average molecular weight is 295 g/mol. The van der Waals surface area contributed by atoms with Crippen LogP contribution in [0.1, 0.15) is 11.1 Å². The quantitative estimate of drug-likeness (QED) is 0.909. The molecule has 5 heteroatoms. The number of halogens is 3. The van der Waals surface area contributed by atoms with Crippen LogP contribution in [0.25, 0.3) is 11.1 Å². The largest absolute Gasteiger partial charge is 0.573 e. The predicted molar refractivity (Wildman–Crippen MR) is 76.1 cm³/mol. The Hall–Kier alpha value is -2.01. The standard InChI is InChI=1S/C16H16F3NO/c1-11-9-12(10-20-2)3-8-15(11)13-4-6-14(7-5-13)21-16(17,18)19/h3-9,20H,10H2,1-2H3. The van der Waals surface area contributed by atoms with E-state index >= 15 is 0 Å². The summed E-state index contributed by atoms with van der Waals surface area (Å²) in [5.74, 6) is -0.212. The van der Waals surface area contributed by atoms with E-state index in [1.54, 1.807) is 12.1 Å². The van der Waals surface area contributed by atoms with E-state index in [9.17, 15) is 13.2 Å². The van der Waals surface area contributed by atoms with Crippen molar-refractivity contribution in [3.05, 3.63) is 53.6 Å². The minimum absolute atomic E-state index is 0.212. The lowest BCUT2D eigenvalue weighted by atomic mass is 9.98. The molecule has 21 heavy (non-hydrogen) atoms. The maximum atomic E-state index is 12.1. The molecular weight excluding hydrogens is 279 g/mol. The summed E-state index contributed by atoms with van der Waals surface area (Å²) in [6.07, 6.45) is -4.66. The van der Waals surface area contributed by atoms with Gasteiger partial charge in [-0.05, 0) is 48.4 Å². The van der Waals surface area contributed by atoms with Crippen molar-refractivity contribution in [1.29, 1.82) is 0 Å². The Bertz CT molecular complexity index is 606. The molecule has 0 spiro atoms. The summed E-state index contributed by atoms with van der Waals surface area (Å²) >= 11 is 0. The Morgan fingerprint density at radius 3 is 2.24 bits per heavy atom. The molecule has 0 saturated carbocycles. The molecule has 0 radical (unpaired) electrons. The Morgan fingerprint density at radius 1 is 1.05 bits per heavy atom. The minimum Gasteiger partial charge on any atom is -0.406 e. The highest BCUT2D eigenvalue weighted by Crippen LogP contribution is 2.28. The van der Waals surface area contributed by atoms with Crippen LogP contribution in [0.2, 0.25) is 0 Å². The van der Waals surface area contributed by atoms with Crippen LogP contribution in [-0.2, 0) is 6.54 Å². The summed E-state index contributed by atoms with van der Waals surface area (Å²) in [5, 5.41) is 3.08. The van der Waals surface area contributed by atoms with Gasteiger partial charge >= 0.3 is 6.36 Å². The average Bonchev–Trinajstić information content (AvgIpc) is 2.39. The highest BCUT2D eigenvalue weighted by atomic mass is 19.4. The van der Waals surface area contributed by atoms with Crippen LogP contribution in [0.15, 0.2) is 42.5 Å². The first kappa shape index (κ1) is 15.4.